The van der Waals surface area contributed by atoms with E-state index in [-0.39, 0.29) is 5.56 Å². The summed E-state index contributed by atoms with van der Waals surface area (Å²) in [4.78, 5) is 11.8. The summed E-state index contributed by atoms with van der Waals surface area (Å²) >= 11 is 0. The van der Waals surface area contributed by atoms with Crippen LogP contribution in [0.1, 0.15) is 49.2 Å². The van der Waals surface area contributed by atoms with Gasteiger partial charge in [-0.1, -0.05) is 0 Å². The Kier molecular flexibility index (Phi) is 4.13. The van der Waals surface area contributed by atoms with Gasteiger partial charge in [0.05, 0.1) is 23.9 Å². The van der Waals surface area contributed by atoms with Gasteiger partial charge in [0.15, 0.2) is 0 Å². The van der Waals surface area contributed by atoms with Crippen LogP contribution in [0.15, 0.2) is 6.07 Å². The molecule has 4 nitrogen and oxygen atoms in total. The molecule has 1 fully saturated rings. The number of hydrogen-bond donors (Lipinski definition) is 0. The number of hydrogen-bond acceptors (Lipinski definition) is 4. The molecule has 1 saturated heterocycles. The molecule has 0 bridgehead atoms. The van der Waals surface area contributed by atoms with Gasteiger partial charge in [-0.25, -0.2) is 9.18 Å². The van der Waals surface area contributed by atoms with Crippen LogP contribution in [0.4, 0.5) is 4.39 Å². The first-order valence-corrected chi connectivity index (χ1v) is 7.25. The molecule has 0 unspecified atom stereocenters. The summed E-state index contributed by atoms with van der Waals surface area (Å²) in [5.41, 5.74) is 0.653. The highest BCUT2D eigenvalue weighted by molar-refractivity contribution is 6.62. The Hall–Kier alpha value is -1.40. The normalized spacial score (nSPS) is 19.4. The average molecular weight is 308 g/mol. The van der Waals surface area contributed by atoms with E-state index < -0.39 is 30.1 Å². The van der Waals surface area contributed by atoms with E-state index >= 15 is 0 Å². The lowest BCUT2D eigenvalue weighted by Gasteiger charge is -2.32. The fourth-order valence-corrected chi connectivity index (χ4v) is 2.38. The topological polar surface area (TPSA) is 44.8 Å². The summed E-state index contributed by atoms with van der Waals surface area (Å²) in [6.07, 6.45) is 0. The third-order valence-corrected chi connectivity index (χ3v) is 4.77. The Bertz CT molecular complexity index is 609. The third-order valence-electron chi connectivity index (χ3n) is 4.77. The SMILES string of the molecule is COC(=O)c1cc(B2OC(C)(C)C(C)(C)O2)c(C)c(C)c1F. The van der Waals surface area contributed by atoms with Crippen LogP contribution in [0.5, 0.6) is 0 Å². The van der Waals surface area contributed by atoms with E-state index in [4.69, 9.17) is 9.31 Å². The van der Waals surface area contributed by atoms with Crippen LogP contribution in [0.3, 0.4) is 0 Å². The summed E-state index contributed by atoms with van der Waals surface area (Å²) in [5.74, 6) is -1.28. The Balaban J connectivity index is 2.53. The average Bonchev–Trinajstić information content (AvgIpc) is 2.64. The molecule has 6 heteroatoms. The molecule has 0 spiro atoms. The molecule has 0 saturated carbocycles. The van der Waals surface area contributed by atoms with Gasteiger partial charge in [0, 0.05) is 0 Å². The molecule has 0 aliphatic carbocycles. The van der Waals surface area contributed by atoms with Gasteiger partial charge < -0.3 is 14.0 Å². The molecule has 1 heterocycles. The number of esters is 1. The molecule has 0 radical (unpaired) electrons. The summed E-state index contributed by atoms with van der Waals surface area (Å²) < 4.78 is 30.9. The summed E-state index contributed by atoms with van der Waals surface area (Å²) in [6.45, 7) is 11.2. The Morgan fingerprint density at radius 1 is 1.14 bits per heavy atom. The smallest absolute Gasteiger partial charge is 0.465 e. The molecule has 0 N–H and O–H groups in total. The fraction of sp³-hybridized carbons (Fsp3) is 0.562. The quantitative estimate of drug-likeness (QED) is 0.622. The molecule has 1 aromatic rings. The van der Waals surface area contributed by atoms with E-state index in [1.165, 1.54) is 13.2 Å². The number of benzene rings is 1. The summed E-state index contributed by atoms with van der Waals surface area (Å²) in [6, 6.07) is 1.46. The maximum Gasteiger partial charge on any atom is 0.495 e. The number of halogens is 1. The van der Waals surface area contributed by atoms with Gasteiger partial charge in [0.25, 0.3) is 0 Å². The molecular formula is C16H22BFO4. The highest BCUT2D eigenvalue weighted by atomic mass is 19.1. The van der Waals surface area contributed by atoms with Crippen LogP contribution >= 0.6 is 0 Å². The van der Waals surface area contributed by atoms with Crippen LogP contribution < -0.4 is 5.46 Å². The highest BCUT2D eigenvalue weighted by Crippen LogP contribution is 2.37. The van der Waals surface area contributed by atoms with Crippen molar-refractivity contribution in [3.05, 3.63) is 28.6 Å². The number of carbonyl (C=O) groups is 1. The first-order chi connectivity index (χ1) is 10.0. The monoisotopic (exact) mass is 308 g/mol. The maximum absolute atomic E-state index is 14.3. The van der Waals surface area contributed by atoms with Crippen LogP contribution in [0.2, 0.25) is 0 Å². The van der Waals surface area contributed by atoms with Gasteiger partial charge in [-0.15, -0.1) is 0 Å². The molecule has 1 aliphatic rings. The third kappa shape index (κ3) is 2.54. The van der Waals surface area contributed by atoms with Crippen molar-refractivity contribution in [2.45, 2.75) is 52.7 Å². The van der Waals surface area contributed by atoms with Gasteiger partial charge in [-0.3, -0.25) is 0 Å². The minimum atomic E-state index is -0.710. The van der Waals surface area contributed by atoms with Crippen molar-refractivity contribution in [2.24, 2.45) is 0 Å². The maximum atomic E-state index is 14.3. The molecule has 2 rings (SSSR count). The zero-order chi connectivity index (χ0) is 16.9. The molecule has 22 heavy (non-hydrogen) atoms. The van der Waals surface area contributed by atoms with Crippen molar-refractivity contribution in [3.63, 3.8) is 0 Å². The molecule has 1 aliphatic heterocycles. The second-order valence-corrected chi connectivity index (χ2v) is 6.66. The molecule has 120 valence electrons. The van der Waals surface area contributed by atoms with E-state index in [1.54, 1.807) is 13.8 Å². The first kappa shape index (κ1) is 17.0. The van der Waals surface area contributed by atoms with E-state index in [0.717, 1.165) is 0 Å². The fourth-order valence-electron chi connectivity index (χ4n) is 2.38. The van der Waals surface area contributed by atoms with Crippen LogP contribution in [0.25, 0.3) is 0 Å². The minimum absolute atomic E-state index is 0.102. The Labute approximate surface area is 131 Å². The lowest BCUT2D eigenvalue weighted by Crippen LogP contribution is -2.41. The van der Waals surface area contributed by atoms with Crippen molar-refractivity contribution in [1.29, 1.82) is 0 Å². The largest absolute Gasteiger partial charge is 0.495 e. The second-order valence-electron chi connectivity index (χ2n) is 6.66. The first-order valence-electron chi connectivity index (χ1n) is 7.25. The van der Waals surface area contributed by atoms with Crippen LogP contribution in [-0.4, -0.2) is 31.4 Å². The van der Waals surface area contributed by atoms with Gasteiger partial charge in [-0.2, -0.15) is 0 Å². The Morgan fingerprint density at radius 3 is 2.09 bits per heavy atom. The van der Waals surface area contributed by atoms with Crippen molar-refractivity contribution < 1.29 is 23.2 Å². The summed E-state index contributed by atoms with van der Waals surface area (Å²) in [7, 11) is 0.582. The van der Waals surface area contributed by atoms with Crippen molar-refractivity contribution in [3.8, 4) is 0 Å². The number of methoxy groups -OCH3 is 1. The van der Waals surface area contributed by atoms with Crippen molar-refractivity contribution in [2.75, 3.05) is 7.11 Å². The van der Waals surface area contributed by atoms with Gasteiger partial charge in [-0.05, 0) is 64.2 Å². The zero-order valence-corrected chi connectivity index (χ0v) is 14.2. The zero-order valence-electron chi connectivity index (χ0n) is 14.2. The summed E-state index contributed by atoms with van der Waals surface area (Å²) in [5, 5.41) is 0. The lowest BCUT2D eigenvalue weighted by molar-refractivity contribution is 0.00578. The van der Waals surface area contributed by atoms with Crippen LogP contribution in [-0.2, 0) is 14.0 Å². The van der Waals surface area contributed by atoms with Gasteiger partial charge in [0.2, 0.25) is 0 Å². The van der Waals surface area contributed by atoms with Gasteiger partial charge in [0.1, 0.15) is 5.82 Å². The van der Waals surface area contributed by atoms with Gasteiger partial charge >= 0.3 is 13.1 Å². The molecular weight excluding hydrogens is 286 g/mol. The van der Waals surface area contributed by atoms with Crippen LogP contribution in [0, 0.1) is 19.7 Å². The minimum Gasteiger partial charge on any atom is -0.465 e. The van der Waals surface area contributed by atoms with Crippen molar-refractivity contribution >= 4 is 18.6 Å². The van der Waals surface area contributed by atoms with E-state index in [9.17, 15) is 9.18 Å². The Morgan fingerprint density at radius 2 is 1.64 bits per heavy atom. The van der Waals surface area contributed by atoms with E-state index in [0.29, 0.717) is 16.6 Å². The highest BCUT2D eigenvalue weighted by Gasteiger charge is 2.52. The standard InChI is InChI=1S/C16H22BFO4/c1-9-10(2)13(18)11(14(19)20-7)8-12(9)17-21-15(3,4)16(5,6)22-17/h8H,1-7H3. The van der Waals surface area contributed by atoms with Crippen molar-refractivity contribution in [1.82, 2.24) is 0 Å². The predicted octanol–water partition coefficient (Wildman–Crippen LogP) is 2.53. The predicted molar refractivity (Wildman–Crippen MR) is 82.9 cm³/mol. The number of ether oxygens (including phenoxy) is 1. The second kappa shape index (κ2) is 5.35. The molecule has 0 atom stereocenters. The number of carbonyl (C=O) groups excluding carboxylic acids is 1. The number of rotatable bonds is 2. The molecule has 0 amide bonds. The molecule has 1 aromatic carbocycles. The van der Waals surface area contributed by atoms with E-state index in [2.05, 4.69) is 4.74 Å². The molecule has 0 aromatic heterocycles. The lowest BCUT2D eigenvalue weighted by atomic mass is 9.74. The van der Waals surface area contributed by atoms with E-state index in [1.807, 2.05) is 27.7 Å².